The Morgan fingerprint density at radius 1 is 0.909 bits per heavy atom. The number of benzene rings is 1. The molecule has 0 amide bonds. The van der Waals surface area contributed by atoms with Crippen molar-refractivity contribution in [2.75, 3.05) is 6.61 Å². The highest BCUT2D eigenvalue weighted by Gasteiger charge is 2.30. The third-order valence-corrected chi connectivity index (χ3v) is 3.60. The van der Waals surface area contributed by atoms with Gasteiger partial charge in [0.15, 0.2) is 11.6 Å². The van der Waals surface area contributed by atoms with Crippen molar-refractivity contribution in [2.45, 2.75) is 60.0 Å². The van der Waals surface area contributed by atoms with Crippen LogP contribution in [0.5, 0.6) is 0 Å². The Bertz CT molecular complexity index is 519. The van der Waals surface area contributed by atoms with Crippen molar-refractivity contribution in [2.24, 2.45) is 5.41 Å². The Kier molecular flexibility index (Phi) is 6.07. The Hall–Kier alpha value is -1.48. The number of carbonyl (C=O) groups excluding carboxylic acids is 2. The maximum atomic E-state index is 12.5. The standard InChI is InChI=1S/C19H28O3/c1-7-8-13-22-19(5,6)17(21)15-11-9-14(10-12-15)16(20)18(2,3)4/h9-12H,7-8,13H2,1-6H3. The maximum Gasteiger partial charge on any atom is 0.194 e. The fourth-order valence-corrected chi connectivity index (χ4v) is 2.09. The Morgan fingerprint density at radius 3 is 1.77 bits per heavy atom. The van der Waals surface area contributed by atoms with Gasteiger partial charge in [0.2, 0.25) is 0 Å². The van der Waals surface area contributed by atoms with Crippen molar-refractivity contribution in [3.8, 4) is 0 Å². The topological polar surface area (TPSA) is 43.4 Å². The summed E-state index contributed by atoms with van der Waals surface area (Å²) in [6, 6.07) is 6.88. The van der Waals surface area contributed by atoms with Gasteiger partial charge in [-0.15, -0.1) is 0 Å². The summed E-state index contributed by atoms with van der Waals surface area (Å²) in [7, 11) is 0. The van der Waals surface area contributed by atoms with E-state index in [1.165, 1.54) is 0 Å². The third kappa shape index (κ3) is 4.77. The van der Waals surface area contributed by atoms with E-state index in [0.717, 1.165) is 12.8 Å². The second kappa shape index (κ2) is 7.19. The molecule has 22 heavy (non-hydrogen) atoms. The Labute approximate surface area is 134 Å². The second-order valence-electron chi connectivity index (χ2n) is 7.20. The van der Waals surface area contributed by atoms with Gasteiger partial charge >= 0.3 is 0 Å². The van der Waals surface area contributed by atoms with Gasteiger partial charge in [0, 0.05) is 23.1 Å². The molecule has 1 aromatic rings. The van der Waals surface area contributed by atoms with E-state index >= 15 is 0 Å². The van der Waals surface area contributed by atoms with Gasteiger partial charge in [0.1, 0.15) is 5.60 Å². The summed E-state index contributed by atoms with van der Waals surface area (Å²) >= 11 is 0. The summed E-state index contributed by atoms with van der Waals surface area (Å²) in [5.41, 5.74) is -0.0561. The molecular weight excluding hydrogens is 276 g/mol. The molecule has 122 valence electrons. The highest BCUT2D eigenvalue weighted by atomic mass is 16.5. The quantitative estimate of drug-likeness (QED) is 0.542. The van der Waals surface area contributed by atoms with Crippen LogP contribution >= 0.6 is 0 Å². The highest BCUT2D eigenvalue weighted by Crippen LogP contribution is 2.23. The first-order valence-corrected chi connectivity index (χ1v) is 7.93. The minimum absolute atomic E-state index is 0.0571. The molecule has 0 unspecified atom stereocenters. The lowest BCUT2D eigenvalue weighted by atomic mass is 9.86. The highest BCUT2D eigenvalue weighted by molar-refractivity contribution is 6.04. The molecule has 0 heterocycles. The minimum atomic E-state index is -0.843. The molecule has 3 nitrogen and oxygen atoms in total. The molecule has 0 aliphatic carbocycles. The number of hydrogen-bond acceptors (Lipinski definition) is 3. The van der Waals surface area contributed by atoms with Crippen LogP contribution in [0.1, 0.15) is 75.1 Å². The molecular formula is C19H28O3. The first kappa shape index (κ1) is 18.6. The first-order chi connectivity index (χ1) is 10.1. The minimum Gasteiger partial charge on any atom is -0.367 e. The van der Waals surface area contributed by atoms with Gasteiger partial charge in [0.05, 0.1) is 0 Å². The largest absolute Gasteiger partial charge is 0.367 e. The zero-order chi connectivity index (χ0) is 17.0. The van der Waals surface area contributed by atoms with Crippen LogP contribution in [0.25, 0.3) is 0 Å². The molecule has 1 rings (SSSR count). The summed E-state index contributed by atoms with van der Waals surface area (Å²) in [5.74, 6) is 0.0170. The first-order valence-electron chi connectivity index (χ1n) is 7.93. The van der Waals surface area contributed by atoms with Gasteiger partial charge in [-0.1, -0.05) is 58.4 Å². The van der Waals surface area contributed by atoms with Crippen molar-refractivity contribution in [3.05, 3.63) is 35.4 Å². The van der Waals surface area contributed by atoms with E-state index in [0.29, 0.717) is 17.7 Å². The normalized spacial score (nSPS) is 12.3. The van der Waals surface area contributed by atoms with Gasteiger partial charge in [-0.05, 0) is 20.3 Å². The van der Waals surface area contributed by atoms with E-state index in [4.69, 9.17) is 4.74 Å². The van der Waals surface area contributed by atoms with Gasteiger partial charge in [-0.2, -0.15) is 0 Å². The molecule has 0 aromatic heterocycles. The number of unbranched alkanes of at least 4 members (excludes halogenated alkanes) is 1. The van der Waals surface area contributed by atoms with Crippen LogP contribution in [-0.4, -0.2) is 23.8 Å². The molecule has 0 spiro atoms. The van der Waals surface area contributed by atoms with Crippen LogP contribution in [0.2, 0.25) is 0 Å². The van der Waals surface area contributed by atoms with E-state index in [9.17, 15) is 9.59 Å². The lowest BCUT2D eigenvalue weighted by molar-refractivity contribution is -0.00545. The second-order valence-corrected chi connectivity index (χ2v) is 7.20. The van der Waals surface area contributed by atoms with Gasteiger partial charge in [-0.3, -0.25) is 9.59 Å². The van der Waals surface area contributed by atoms with Gasteiger partial charge in [-0.25, -0.2) is 0 Å². The van der Waals surface area contributed by atoms with Crippen LogP contribution in [0.15, 0.2) is 24.3 Å². The average Bonchev–Trinajstić information content (AvgIpc) is 2.45. The Morgan fingerprint density at radius 2 is 1.36 bits per heavy atom. The fraction of sp³-hybridized carbons (Fsp3) is 0.579. The maximum absolute atomic E-state index is 12.5. The van der Waals surface area contributed by atoms with Crippen molar-refractivity contribution >= 4 is 11.6 Å². The summed E-state index contributed by atoms with van der Waals surface area (Å²) in [5, 5.41) is 0. The third-order valence-electron chi connectivity index (χ3n) is 3.60. The zero-order valence-electron chi connectivity index (χ0n) is 14.7. The predicted molar refractivity (Wildman–Crippen MR) is 89.5 cm³/mol. The van der Waals surface area contributed by atoms with Crippen molar-refractivity contribution in [1.82, 2.24) is 0 Å². The lowest BCUT2D eigenvalue weighted by Gasteiger charge is -2.24. The molecule has 3 heteroatoms. The van der Waals surface area contributed by atoms with Crippen LogP contribution in [0, 0.1) is 5.41 Å². The molecule has 0 N–H and O–H groups in total. The molecule has 0 atom stereocenters. The van der Waals surface area contributed by atoms with Crippen molar-refractivity contribution < 1.29 is 14.3 Å². The van der Waals surface area contributed by atoms with Gasteiger partial charge < -0.3 is 4.74 Å². The number of hydrogen-bond donors (Lipinski definition) is 0. The number of ether oxygens (including phenoxy) is 1. The van der Waals surface area contributed by atoms with Crippen LogP contribution < -0.4 is 0 Å². The van der Waals surface area contributed by atoms with E-state index in [-0.39, 0.29) is 11.6 Å². The zero-order valence-corrected chi connectivity index (χ0v) is 14.7. The SMILES string of the molecule is CCCCOC(C)(C)C(=O)c1ccc(C(=O)C(C)(C)C)cc1. The number of rotatable bonds is 7. The molecule has 0 saturated heterocycles. The summed E-state index contributed by atoms with van der Waals surface area (Å²) in [4.78, 5) is 24.7. The molecule has 0 aliphatic heterocycles. The van der Waals surface area contributed by atoms with Crippen molar-refractivity contribution in [1.29, 1.82) is 0 Å². The molecule has 0 radical (unpaired) electrons. The average molecular weight is 304 g/mol. The van der Waals surface area contributed by atoms with E-state index < -0.39 is 11.0 Å². The lowest BCUT2D eigenvalue weighted by Crippen LogP contribution is -2.35. The van der Waals surface area contributed by atoms with Crippen LogP contribution in [0.4, 0.5) is 0 Å². The monoisotopic (exact) mass is 304 g/mol. The molecule has 0 fully saturated rings. The summed E-state index contributed by atoms with van der Waals surface area (Å²) in [6.07, 6.45) is 1.98. The number of ketones is 2. The van der Waals surface area contributed by atoms with Gasteiger partial charge in [0.25, 0.3) is 0 Å². The van der Waals surface area contributed by atoms with Crippen molar-refractivity contribution in [3.63, 3.8) is 0 Å². The number of carbonyl (C=O) groups is 2. The molecule has 0 saturated carbocycles. The summed E-state index contributed by atoms with van der Waals surface area (Å²) < 4.78 is 5.70. The van der Waals surface area contributed by atoms with E-state index in [1.807, 2.05) is 20.8 Å². The van der Waals surface area contributed by atoms with E-state index in [2.05, 4.69) is 6.92 Å². The van der Waals surface area contributed by atoms with Crippen LogP contribution in [-0.2, 0) is 4.74 Å². The fourth-order valence-electron chi connectivity index (χ4n) is 2.09. The molecule has 0 aliphatic rings. The predicted octanol–water partition coefficient (Wildman–Crippen LogP) is 4.69. The summed E-state index contributed by atoms with van der Waals surface area (Å²) in [6.45, 7) is 11.9. The smallest absolute Gasteiger partial charge is 0.194 e. The number of Topliss-reactive ketones (excluding diaryl/α,β-unsaturated/α-hetero) is 2. The Balaban J connectivity index is 2.86. The molecule has 0 bridgehead atoms. The van der Waals surface area contributed by atoms with Crippen LogP contribution in [0.3, 0.4) is 0 Å². The van der Waals surface area contributed by atoms with E-state index in [1.54, 1.807) is 38.1 Å². The molecule has 1 aromatic carbocycles.